The van der Waals surface area contributed by atoms with Gasteiger partial charge in [0.05, 0.1) is 16.1 Å². The van der Waals surface area contributed by atoms with Crippen molar-refractivity contribution >= 4 is 17.9 Å². The standard InChI is InChI=1S/C8H3ClF2N2O/c9-5-2-13-6(1-12)4(3-14)7(5)8(10)11/h2-3,8H. The molecule has 1 aromatic rings. The van der Waals surface area contributed by atoms with Gasteiger partial charge in [-0.05, 0) is 0 Å². The highest BCUT2D eigenvalue weighted by Gasteiger charge is 2.20. The van der Waals surface area contributed by atoms with Gasteiger partial charge in [0.15, 0.2) is 12.0 Å². The summed E-state index contributed by atoms with van der Waals surface area (Å²) in [7, 11) is 0. The number of aromatic nitrogens is 1. The molecule has 0 aliphatic heterocycles. The van der Waals surface area contributed by atoms with Crippen LogP contribution in [0.15, 0.2) is 6.20 Å². The van der Waals surface area contributed by atoms with Crippen LogP contribution in [0.25, 0.3) is 0 Å². The minimum atomic E-state index is -2.90. The SMILES string of the molecule is N#Cc1ncc(Cl)c(C(F)F)c1C=O. The van der Waals surface area contributed by atoms with Crippen molar-refractivity contribution in [2.24, 2.45) is 0 Å². The van der Waals surface area contributed by atoms with Crippen LogP contribution in [0.1, 0.15) is 28.0 Å². The Hall–Kier alpha value is -1.54. The molecule has 0 fully saturated rings. The fourth-order valence-electron chi connectivity index (χ4n) is 0.947. The lowest BCUT2D eigenvalue weighted by molar-refractivity contribution is 0.110. The summed E-state index contributed by atoms with van der Waals surface area (Å²) in [4.78, 5) is 13.9. The Balaban J connectivity index is 3.52. The number of halogens is 3. The number of nitriles is 1. The number of rotatable bonds is 2. The lowest BCUT2D eigenvalue weighted by Gasteiger charge is -2.05. The van der Waals surface area contributed by atoms with E-state index in [2.05, 4.69) is 4.98 Å². The van der Waals surface area contributed by atoms with Gasteiger partial charge >= 0.3 is 0 Å². The van der Waals surface area contributed by atoms with Crippen LogP contribution in [0.3, 0.4) is 0 Å². The number of pyridine rings is 1. The third-order valence-corrected chi connectivity index (χ3v) is 1.85. The summed E-state index contributed by atoms with van der Waals surface area (Å²) >= 11 is 5.42. The Labute approximate surface area is 82.9 Å². The van der Waals surface area contributed by atoms with Crippen molar-refractivity contribution in [1.82, 2.24) is 4.98 Å². The molecule has 0 aliphatic rings. The van der Waals surface area contributed by atoms with Crippen molar-refractivity contribution in [3.05, 3.63) is 28.0 Å². The van der Waals surface area contributed by atoms with Gasteiger partial charge in [0.25, 0.3) is 6.43 Å². The van der Waals surface area contributed by atoms with Gasteiger partial charge in [0.1, 0.15) is 6.07 Å². The first kappa shape index (κ1) is 10.5. The molecular formula is C8H3ClF2N2O. The van der Waals surface area contributed by atoms with Crippen LogP contribution in [-0.4, -0.2) is 11.3 Å². The van der Waals surface area contributed by atoms with E-state index in [-0.39, 0.29) is 17.0 Å². The van der Waals surface area contributed by atoms with Crippen LogP contribution in [0.5, 0.6) is 0 Å². The van der Waals surface area contributed by atoms with Crippen LogP contribution >= 0.6 is 11.6 Å². The Bertz CT molecular complexity index is 415. The fourth-order valence-corrected chi connectivity index (χ4v) is 1.18. The molecule has 1 heterocycles. The predicted octanol–water partition coefficient (Wildman–Crippen LogP) is 2.36. The lowest BCUT2D eigenvalue weighted by atomic mass is 10.1. The molecular weight excluding hydrogens is 214 g/mol. The summed E-state index contributed by atoms with van der Waals surface area (Å²) < 4.78 is 24.8. The smallest absolute Gasteiger partial charge is 0.266 e. The Morgan fingerprint density at radius 2 is 2.29 bits per heavy atom. The maximum atomic E-state index is 12.4. The summed E-state index contributed by atoms with van der Waals surface area (Å²) in [6.07, 6.45) is -1.83. The number of hydrogen-bond donors (Lipinski definition) is 0. The van der Waals surface area contributed by atoms with Crippen LogP contribution in [0.2, 0.25) is 5.02 Å². The predicted molar refractivity (Wildman–Crippen MR) is 44.3 cm³/mol. The molecule has 0 saturated heterocycles. The Morgan fingerprint density at radius 3 is 2.71 bits per heavy atom. The van der Waals surface area contributed by atoms with E-state index < -0.39 is 17.6 Å². The normalized spacial score (nSPS) is 9.93. The molecule has 1 rings (SSSR count). The van der Waals surface area contributed by atoms with E-state index in [1.165, 1.54) is 6.07 Å². The van der Waals surface area contributed by atoms with E-state index in [4.69, 9.17) is 16.9 Å². The molecule has 14 heavy (non-hydrogen) atoms. The van der Waals surface area contributed by atoms with Gasteiger partial charge in [-0.15, -0.1) is 0 Å². The lowest BCUT2D eigenvalue weighted by Crippen LogP contribution is -2.00. The number of aldehydes is 1. The average Bonchev–Trinajstić information content (AvgIpc) is 2.16. The number of carbonyl (C=O) groups is 1. The summed E-state index contributed by atoms with van der Waals surface area (Å²) in [6.45, 7) is 0. The van der Waals surface area contributed by atoms with Crippen molar-refractivity contribution in [2.45, 2.75) is 6.43 Å². The number of hydrogen-bond acceptors (Lipinski definition) is 3. The first-order chi connectivity index (χ1) is 6.61. The molecule has 6 heteroatoms. The summed E-state index contributed by atoms with van der Waals surface area (Å²) in [6, 6.07) is 1.53. The van der Waals surface area contributed by atoms with Crippen LogP contribution < -0.4 is 0 Å². The third kappa shape index (κ3) is 1.70. The molecule has 0 saturated carbocycles. The van der Waals surface area contributed by atoms with Gasteiger partial charge in [-0.3, -0.25) is 4.79 Å². The minimum Gasteiger partial charge on any atom is -0.298 e. The van der Waals surface area contributed by atoms with Crippen molar-refractivity contribution in [3.63, 3.8) is 0 Å². The van der Waals surface area contributed by atoms with Gasteiger partial charge in [-0.1, -0.05) is 11.6 Å². The third-order valence-electron chi connectivity index (χ3n) is 1.55. The highest BCUT2D eigenvalue weighted by molar-refractivity contribution is 6.31. The summed E-state index contributed by atoms with van der Waals surface area (Å²) in [5.74, 6) is 0. The van der Waals surface area contributed by atoms with E-state index >= 15 is 0 Å². The highest BCUT2D eigenvalue weighted by atomic mass is 35.5. The molecule has 0 N–H and O–H groups in total. The minimum absolute atomic E-state index is 0.152. The monoisotopic (exact) mass is 216 g/mol. The van der Waals surface area contributed by atoms with Gasteiger partial charge in [-0.25, -0.2) is 13.8 Å². The molecule has 0 radical (unpaired) electrons. The summed E-state index contributed by atoms with van der Waals surface area (Å²) in [5.41, 5.74) is -1.44. The van der Waals surface area contributed by atoms with Crippen LogP contribution in [0, 0.1) is 11.3 Å². The molecule has 3 nitrogen and oxygen atoms in total. The van der Waals surface area contributed by atoms with E-state index in [1.54, 1.807) is 0 Å². The zero-order chi connectivity index (χ0) is 10.7. The van der Waals surface area contributed by atoms with E-state index in [0.717, 1.165) is 6.20 Å². The zero-order valence-corrected chi connectivity index (χ0v) is 7.42. The number of carbonyl (C=O) groups excluding carboxylic acids is 1. The fraction of sp³-hybridized carbons (Fsp3) is 0.125. The second-order valence-electron chi connectivity index (χ2n) is 2.31. The van der Waals surface area contributed by atoms with E-state index in [9.17, 15) is 13.6 Å². The van der Waals surface area contributed by atoms with E-state index in [0.29, 0.717) is 0 Å². The molecule has 0 spiro atoms. The first-order valence-corrected chi connectivity index (χ1v) is 3.81. The molecule has 0 atom stereocenters. The molecule has 1 aromatic heterocycles. The van der Waals surface area contributed by atoms with Crippen molar-refractivity contribution in [2.75, 3.05) is 0 Å². The topological polar surface area (TPSA) is 53.8 Å². The average molecular weight is 217 g/mol. The molecule has 0 bridgehead atoms. The zero-order valence-electron chi connectivity index (χ0n) is 6.67. The van der Waals surface area contributed by atoms with Crippen molar-refractivity contribution < 1.29 is 13.6 Å². The Morgan fingerprint density at radius 1 is 1.64 bits per heavy atom. The molecule has 72 valence electrons. The van der Waals surface area contributed by atoms with Crippen molar-refractivity contribution in [1.29, 1.82) is 5.26 Å². The van der Waals surface area contributed by atoms with Crippen LogP contribution in [-0.2, 0) is 0 Å². The first-order valence-electron chi connectivity index (χ1n) is 3.43. The molecule has 0 unspecified atom stereocenters. The molecule has 0 aromatic carbocycles. The van der Waals surface area contributed by atoms with Gasteiger partial charge < -0.3 is 0 Å². The largest absolute Gasteiger partial charge is 0.298 e. The second kappa shape index (κ2) is 4.11. The maximum absolute atomic E-state index is 12.4. The number of alkyl halides is 2. The van der Waals surface area contributed by atoms with Gasteiger partial charge in [0.2, 0.25) is 0 Å². The van der Waals surface area contributed by atoms with Crippen LogP contribution in [0.4, 0.5) is 8.78 Å². The highest BCUT2D eigenvalue weighted by Crippen LogP contribution is 2.29. The van der Waals surface area contributed by atoms with E-state index in [1.807, 2.05) is 0 Å². The molecule has 0 aliphatic carbocycles. The maximum Gasteiger partial charge on any atom is 0.266 e. The Kier molecular flexibility index (Phi) is 3.10. The van der Waals surface area contributed by atoms with Gasteiger partial charge in [0, 0.05) is 6.20 Å². The molecule has 0 amide bonds. The second-order valence-corrected chi connectivity index (χ2v) is 2.72. The van der Waals surface area contributed by atoms with Crippen molar-refractivity contribution in [3.8, 4) is 6.07 Å². The summed E-state index contributed by atoms with van der Waals surface area (Å²) in [5, 5.41) is 8.17. The number of nitrogens with zero attached hydrogens (tertiary/aromatic N) is 2. The van der Waals surface area contributed by atoms with Gasteiger partial charge in [-0.2, -0.15) is 5.26 Å². The quantitative estimate of drug-likeness (QED) is 0.713.